The van der Waals surface area contributed by atoms with Gasteiger partial charge in [0, 0.05) is 24.7 Å². The minimum Gasteiger partial charge on any atom is -0.493 e. The summed E-state index contributed by atoms with van der Waals surface area (Å²) in [5, 5.41) is 9.85. The van der Waals surface area contributed by atoms with E-state index < -0.39 is 0 Å². The molecule has 0 spiro atoms. The molecule has 29 heavy (non-hydrogen) atoms. The first-order valence-electron chi connectivity index (χ1n) is 10.1. The van der Waals surface area contributed by atoms with Gasteiger partial charge in [-0.15, -0.1) is 0 Å². The number of nitrogens with zero attached hydrogens (tertiary/aromatic N) is 3. The van der Waals surface area contributed by atoms with Crippen molar-refractivity contribution in [1.29, 1.82) is 0 Å². The highest BCUT2D eigenvalue weighted by molar-refractivity contribution is 5.99. The quantitative estimate of drug-likeness (QED) is 0.729. The third kappa shape index (κ3) is 3.05. The van der Waals surface area contributed by atoms with Crippen molar-refractivity contribution in [2.24, 2.45) is 0 Å². The molecule has 2 aliphatic rings. The second-order valence-corrected chi connectivity index (χ2v) is 7.88. The normalized spacial score (nSPS) is 15.8. The summed E-state index contributed by atoms with van der Waals surface area (Å²) in [4.78, 5) is 26.8. The van der Waals surface area contributed by atoms with Crippen molar-refractivity contribution >= 4 is 5.91 Å². The summed E-state index contributed by atoms with van der Waals surface area (Å²) < 4.78 is 2.85. The number of rotatable bonds is 5. The van der Waals surface area contributed by atoms with Gasteiger partial charge in [-0.3, -0.25) is 13.9 Å². The van der Waals surface area contributed by atoms with Crippen LogP contribution < -0.4 is 5.69 Å². The number of benzene rings is 2. The zero-order chi connectivity index (χ0) is 20.1. The molecule has 1 saturated carbocycles. The lowest BCUT2D eigenvalue weighted by Crippen LogP contribution is -2.25. The van der Waals surface area contributed by atoms with Crippen LogP contribution in [-0.4, -0.2) is 31.1 Å². The van der Waals surface area contributed by atoms with Crippen LogP contribution in [0, 0.1) is 0 Å². The summed E-state index contributed by atoms with van der Waals surface area (Å²) in [6.45, 7) is 3.39. The molecule has 0 bridgehead atoms. The second kappa shape index (κ2) is 6.65. The van der Waals surface area contributed by atoms with Crippen LogP contribution >= 0.6 is 0 Å². The Kier molecular flexibility index (Phi) is 4.08. The lowest BCUT2D eigenvalue weighted by molar-refractivity contribution is 0.0766. The third-order valence-electron chi connectivity index (χ3n) is 5.91. The molecule has 148 valence electrons. The average molecular weight is 389 g/mol. The molecule has 6 heteroatoms. The van der Waals surface area contributed by atoms with E-state index in [0.717, 1.165) is 40.7 Å². The Labute approximate surface area is 168 Å². The summed E-state index contributed by atoms with van der Waals surface area (Å²) in [5.74, 6) is 0.152. The fourth-order valence-corrected chi connectivity index (χ4v) is 4.13. The maximum absolute atomic E-state index is 12.5. The van der Waals surface area contributed by atoms with Gasteiger partial charge in [0.1, 0.15) is 0 Å². The Morgan fingerprint density at radius 1 is 1.03 bits per heavy atom. The van der Waals surface area contributed by atoms with Crippen molar-refractivity contribution < 1.29 is 9.90 Å². The second-order valence-electron chi connectivity index (χ2n) is 7.88. The standard InChI is InChI=1S/C23H23N3O3/c1-2-25-21(27)14-24(23(25)29)12-15-3-5-16(6-4-15)17-7-10-20-18(11-17)13-26(22(20)28)19-8-9-19/h3-7,10-11,14,19,27H,2,8-9,12-13H2,1H3. The molecule has 6 nitrogen and oxygen atoms in total. The van der Waals surface area contributed by atoms with Gasteiger partial charge >= 0.3 is 5.69 Å². The van der Waals surface area contributed by atoms with E-state index in [1.54, 1.807) is 0 Å². The van der Waals surface area contributed by atoms with Crippen molar-refractivity contribution in [3.63, 3.8) is 0 Å². The first kappa shape index (κ1) is 17.8. The molecule has 0 atom stereocenters. The molecule has 1 aromatic heterocycles. The van der Waals surface area contributed by atoms with Gasteiger partial charge in [-0.25, -0.2) is 4.79 Å². The molecule has 1 N–H and O–H groups in total. The van der Waals surface area contributed by atoms with Crippen LogP contribution in [0.5, 0.6) is 5.88 Å². The van der Waals surface area contributed by atoms with Gasteiger partial charge in [-0.2, -0.15) is 0 Å². The summed E-state index contributed by atoms with van der Waals surface area (Å²) >= 11 is 0. The lowest BCUT2D eigenvalue weighted by atomic mass is 9.99. The van der Waals surface area contributed by atoms with Crippen LogP contribution in [0.1, 0.15) is 41.3 Å². The highest BCUT2D eigenvalue weighted by Gasteiger charge is 2.38. The van der Waals surface area contributed by atoms with Crippen LogP contribution in [0.25, 0.3) is 11.1 Å². The minimum atomic E-state index is -0.211. The predicted molar refractivity (Wildman–Crippen MR) is 110 cm³/mol. The number of hydrogen-bond acceptors (Lipinski definition) is 3. The Bertz CT molecular complexity index is 1150. The first-order valence-corrected chi connectivity index (χ1v) is 10.1. The zero-order valence-corrected chi connectivity index (χ0v) is 16.3. The molecule has 1 fully saturated rings. The molecule has 0 radical (unpaired) electrons. The van der Waals surface area contributed by atoms with Crippen LogP contribution in [0.15, 0.2) is 53.5 Å². The van der Waals surface area contributed by atoms with Crippen molar-refractivity contribution in [3.8, 4) is 17.0 Å². The monoisotopic (exact) mass is 389 g/mol. The Morgan fingerprint density at radius 2 is 1.76 bits per heavy atom. The van der Waals surface area contributed by atoms with Crippen molar-refractivity contribution in [2.45, 2.75) is 45.4 Å². The Hall–Kier alpha value is -3.28. The summed E-state index contributed by atoms with van der Waals surface area (Å²) in [6.07, 6.45) is 3.72. The zero-order valence-electron chi connectivity index (χ0n) is 16.3. The van der Waals surface area contributed by atoms with Crippen molar-refractivity contribution in [1.82, 2.24) is 14.0 Å². The van der Waals surface area contributed by atoms with Gasteiger partial charge in [0.15, 0.2) is 0 Å². The molecule has 0 unspecified atom stereocenters. The molecule has 1 aliphatic heterocycles. The third-order valence-corrected chi connectivity index (χ3v) is 5.91. The van der Waals surface area contributed by atoms with Crippen molar-refractivity contribution in [3.05, 3.63) is 75.8 Å². The van der Waals surface area contributed by atoms with E-state index in [1.807, 2.05) is 48.2 Å². The molecule has 2 heterocycles. The Morgan fingerprint density at radius 3 is 2.41 bits per heavy atom. The maximum atomic E-state index is 12.5. The van der Waals surface area contributed by atoms with Gasteiger partial charge in [0.2, 0.25) is 5.88 Å². The fraction of sp³-hybridized carbons (Fsp3) is 0.304. The highest BCUT2D eigenvalue weighted by atomic mass is 16.3. The van der Waals surface area contributed by atoms with E-state index in [2.05, 4.69) is 6.07 Å². The molecule has 3 aromatic rings. The van der Waals surface area contributed by atoms with Gasteiger partial charge in [0.05, 0.1) is 12.7 Å². The van der Waals surface area contributed by atoms with Gasteiger partial charge in [-0.05, 0) is 54.2 Å². The van der Waals surface area contributed by atoms with Crippen LogP contribution in [0.3, 0.4) is 0 Å². The fourth-order valence-electron chi connectivity index (χ4n) is 4.13. The molecule has 0 saturated heterocycles. The van der Waals surface area contributed by atoms with E-state index in [0.29, 0.717) is 25.7 Å². The summed E-state index contributed by atoms with van der Waals surface area (Å²) in [6, 6.07) is 14.6. The number of imidazole rings is 1. The highest BCUT2D eigenvalue weighted by Crippen LogP contribution is 2.36. The van der Waals surface area contributed by atoms with Gasteiger partial charge in [-0.1, -0.05) is 30.3 Å². The van der Waals surface area contributed by atoms with E-state index in [1.165, 1.54) is 15.3 Å². The van der Waals surface area contributed by atoms with Crippen molar-refractivity contribution in [2.75, 3.05) is 0 Å². The van der Waals surface area contributed by atoms with E-state index in [4.69, 9.17) is 0 Å². The molecular formula is C23H23N3O3. The predicted octanol–water partition coefficient (Wildman–Crippen LogP) is 3.21. The van der Waals surface area contributed by atoms with Gasteiger partial charge in [0.25, 0.3) is 5.91 Å². The SMILES string of the molecule is CCn1c(O)cn(Cc2ccc(-c3ccc4c(c3)CN(C3CC3)C4=O)cc2)c1=O. The summed E-state index contributed by atoms with van der Waals surface area (Å²) in [5.41, 5.74) is 4.88. The van der Waals surface area contributed by atoms with Crippen LogP contribution in [0.4, 0.5) is 0 Å². The van der Waals surface area contributed by atoms with Crippen LogP contribution in [-0.2, 0) is 19.6 Å². The Balaban J connectivity index is 1.37. The molecule has 1 aliphatic carbocycles. The molecule has 1 amide bonds. The number of fused-ring (bicyclic) bond motifs is 1. The summed E-state index contributed by atoms with van der Waals surface area (Å²) in [7, 11) is 0. The number of carbonyl (C=O) groups is 1. The molecule has 5 rings (SSSR count). The first-order chi connectivity index (χ1) is 14.0. The van der Waals surface area contributed by atoms with E-state index in [9.17, 15) is 14.7 Å². The number of carbonyl (C=O) groups excluding carboxylic acids is 1. The number of hydrogen-bond donors (Lipinski definition) is 1. The van der Waals surface area contributed by atoms with Crippen LogP contribution in [0.2, 0.25) is 0 Å². The number of amides is 1. The number of aromatic hydroxyl groups is 1. The van der Waals surface area contributed by atoms with Gasteiger partial charge < -0.3 is 10.0 Å². The topological polar surface area (TPSA) is 67.5 Å². The lowest BCUT2D eigenvalue weighted by Gasteiger charge is -2.13. The molecular weight excluding hydrogens is 366 g/mol. The minimum absolute atomic E-state index is 0.0120. The smallest absolute Gasteiger partial charge is 0.331 e. The van der Waals surface area contributed by atoms with E-state index >= 15 is 0 Å². The largest absolute Gasteiger partial charge is 0.493 e. The maximum Gasteiger partial charge on any atom is 0.331 e. The van der Waals surface area contributed by atoms with E-state index in [-0.39, 0.29) is 17.5 Å². The average Bonchev–Trinajstić information content (AvgIpc) is 3.46. The number of aromatic nitrogens is 2. The molecule has 2 aromatic carbocycles.